The average molecular weight is 661 g/mol. The maximum absolute atomic E-state index is 12.1. The molecule has 248 valence electrons. The Kier molecular flexibility index (Phi) is 11.4. The molecule has 0 aliphatic carbocycles. The van der Waals surface area contributed by atoms with Crippen LogP contribution in [-0.2, 0) is 30.9 Å². The van der Waals surface area contributed by atoms with Gasteiger partial charge in [-0.15, -0.1) is 0 Å². The molecule has 0 aliphatic heterocycles. The van der Waals surface area contributed by atoms with Crippen molar-refractivity contribution in [2.75, 3.05) is 0 Å². The second kappa shape index (κ2) is 15.8. The summed E-state index contributed by atoms with van der Waals surface area (Å²) in [6.45, 7) is 12.5. The molecule has 5 rings (SSSR count). The minimum Gasteiger partial charge on any atom is -0.489 e. The summed E-state index contributed by atoms with van der Waals surface area (Å²) in [6.07, 6.45) is 0.781. The molecule has 0 amide bonds. The lowest BCUT2D eigenvalue weighted by molar-refractivity contribution is 0.112. The van der Waals surface area contributed by atoms with Crippen molar-refractivity contribution in [1.29, 1.82) is 0 Å². The van der Waals surface area contributed by atoms with Crippen LogP contribution in [0.4, 0.5) is 0 Å². The maximum atomic E-state index is 12.1. The van der Waals surface area contributed by atoms with Crippen molar-refractivity contribution in [3.63, 3.8) is 0 Å². The quantitative estimate of drug-likeness (QED) is 0.0823. The first-order valence-corrected chi connectivity index (χ1v) is 19.1. The molecule has 0 bridgehead atoms. The number of carbonyl (C=O) groups excluding carboxylic acids is 1. The molecule has 0 radical (unpaired) electrons. The fourth-order valence-corrected chi connectivity index (χ4v) is 5.61. The monoisotopic (exact) mass is 660 g/mol. The first-order valence-electron chi connectivity index (χ1n) is 16.2. The van der Waals surface area contributed by atoms with Crippen molar-refractivity contribution in [2.24, 2.45) is 0 Å². The molecule has 0 N–H and O–H groups in total. The van der Waals surface area contributed by atoms with Crippen molar-refractivity contribution in [3.8, 4) is 28.7 Å². The summed E-state index contributed by atoms with van der Waals surface area (Å²) in [5.41, 5.74) is 4.35. The highest BCUT2D eigenvalue weighted by Gasteiger charge is 2.37. The molecule has 5 aromatic carbocycles. The number of carbonyl (C=O) groups is 1. The summed E-state index contributed by atoms with van der Waals surface area (Å²) < 4.78 is 32.2. The van der Waals surface area contributed by atoms with Crippen molar-refractivity contribution < 1.29 is 28.2 Å². The van der Waals surface area contributed by atoms with Gasteiger partial charge in [-0.1, -0.05) is 112 Å². The summed E-state index contributed by atoms with van der Waals surface area (Å²) in [5, 5.41) is 0.0596. The van der Waals surface area contributed by atoms with Gasteiger partial charge in [-0.3, -0.25) is 4.79 Å². The normalized spacial score (nSPS) is 11.5. The van der Waals surface area contributed by atoms with Gasteiger partial charge >= 0.3 is 0 Å². The zero-order valence-electron chi connectivity index (χ0n) is 28.4. The van der Waals surface area contributed by atoms with Crippen LogP contribution in [0.3, 0.4) is 0 Å². The van der Waals surface area contributed by atoms with E-state index in [0.717, 1.165) is 28.5 Å². The molecule has 0 spiro atoms. The van der Waals surface area contributed by atoms with Crippen LogP contribution < -0.4 is 18.9 Å². The molecular weight excluding hydrogens is 617 g/mol. The number of hydrogen-bond acceptors (Lipinski definition) is 6. The maximum Gasteiger partial charge on any atom is 0.211 e. The van der Waals surface area contributed by atoms with Gasteiger partial charge in [-0.05, 0) is 64.7 Å². The van der Waals surface area contributed by atoms with E-state index in [2.05, 4.69) is 33.9 Å². The fourth-order valence-electron chi connectivity index (χ4n) is 4.65. The van der Waals surface area contributed by atoms with Gasteiger partial charge in [0.25, 0.3) is 0 Å². The van der Waals surface area contributed by atoms with E-state index >= 15 is 0 Å². The number of hydrogen-bond donors (Lipinski definition) is 0. The van der Waals surface area contributed by atoms with Crippen molar-refractivity contribution >= 4 is 14.6 Å². The third-order valence-corrected chi connectivity index (χ3v) is 12.9. The molecule has 0 atom stereocenters. The second-order valence-corrected chi connectivity index (χ2v) is 18.1. The Morgan fingerprint density at radius 1 is 0.562 bits per heavy atom. The molecule has 0 heterocycles. The first kappa shape index (κ1) is 34.5. The van der Waals surface area contributed by atoms with Crippen LogP contribution >= 0.6 is 0 Å². The SMILES string of the molecule is CC(C)(C)[Si](C)(C)OCc1cc(OCc2ccccc2)cc(Oc2c(OCc3ccccc3)cc(C=O)cc2OCc2ccccc2)c1. The van der Waals surface area contributed by atoms with Crippen LogP contribution in [0, 0.1) is 0 Å². The first-order chi connectivity index (χ1) is 23.1. The Balaban J connectivity index is 1.51. The predicted octanol–water partition coefficient (Wildman–Crippen LogP) is 10.6. The predicted molar refractivity (Wildman–Crippen MR) is 193 cm³/mol. The number of ether oxygens (including phenoxy) is 4. The lowest BCUT2D eigenvalue weighted by Gasteiger charge is -2.36. The van der Waals surface area contributed by atoms with Gasteiger partial charge in [-0.25, -0.2) is 0 Å². The molecule has 0 unspecified atom stereocenters. The summed E-state index contributed by atoms with van der Waals surface area (Å²) in [5.74, 6) is 2.32. The largest absolute Gasteiger partial charge is 0.489 e. The Bertz CT molecular complexity index is 1700. The number of benzene rings is 5. The third-order valence-electron chi connectivity index (χ3n) is 8.47. The molecule has 7 heteroatoms. The van der Waals surface area contributed by atoms with Crippen molar-refractivity contribution in [2.45, 2.75) is 65.3 Å². The molecule has 0 saturated carbocycles. The Morgan fingerprint density at radius 3 is 1.48 bits per heavy atom. The summed E-state index contributed by atoms with van der Waals surface area (Å²) >= 11 is 0. The summed E-state index contributed by atoms with van der Waals surface area (Å²) in [7, 11) is -2.04. The highest BCUT2D eigenvalue weighted by Crippen LogP contribution is 2.43. The standard InChI is InChI=1S/C41H44O6Si/c1-41(2,3)48(4,5)46-30-35-21-36(43-27-31-15-9-6-10-16-31)25-37(22-35)47-40-38(44-28-32-17-11-7-12-18-32)23-34(26-42)24-39(40)45-29-33-19-13-8-14-20-33/h6-26H,27-30H2,1-5H3. The van der Waals surface area contributed by atoms with Crippen LogP contribution in [0.15, 0.2) is 121 Å². The van der Waals surface area contributed by atoms with Gasteiger partial charge < -0.3 is 23.4 Å². The molecular formula is C41H44O6Si. The molecule has 0 aromatic heterocycles. The smallest absolute Gasteiger partial charge is 0.211 e. The van der Waals surface area contributed by atoms with E-state index in [0.29, 0.717) is 47.5 Å². The van der Waals surface area contributed by atoms with E-state index < -0.39 is 8.32 Å². The van der Waals surface area contributed by atoms with Crippen molar-refractivity contribution in [1.82, 2.24) is 0 Å². The molecule has 5 aromatic rings. The van der Waals surface area contributed by atoms with E-state index in [9.17, 15) is 4.79 Å². The van der Waals surface area contributed by atoms with Gasteiger partial charge in [-0.2, -0.15) is 0 Å². The molecule has 0 aliphatic rings. The van der Waals surface area contributed by atoms with Gasteiger partial charge in [0, 0.05) is 11.6 Å². The van der Waals surface area contributed by atoms with Gasteiger partial charge in [0.05, 0.1) is 6.61 Å². The highest BCUT2D eigenvalue weighted by molar-refractivity contribution is 6.74. The Morgan fingerprint density at radius 2 is 1.02 bits per heavy atom. The Labute approximate surface area is 285 Å². The average Bonchev–Trinajstić information content (AvgIpc) is 3.09. The zero-order chi connectivity index (χ0) is 34.0. The number of aldehydes is 1. The molecule has 48 heavy (non-hydrogen) atoms. The third kappa shape index (κ3) is 9.59. The fraction of sp³-hybridized carbons (Fsp3) is 0.244. The highest BCUT2D eigenvalue weighted by atomic mass is 28.4. The van der Waals surface area contributed by atoms with Crippen LogP contribution in [0.2, 0.25) is 18.1 Å². The number of rotatable bonds is 15. The molecule has 0 saturated heterocycles. The van der Waals surface area contributed by atoms with Gasteiger partial charge in [0.1, 0.15) is 37.6 Å². The van der Waals surface area contributed by atoms with Crippen LogP contribution in [0.5, 0.6) is 28.7 Å². The summed E-state index contributed by atoms with van der Waals surface area (Å²) in [6, 6.07) is 38.9. The van der Waals surface area contributed by atoms with E-state index in [1.165, 1.54) is 0 Å². The minimum absolute atomic E-state index is 0.0596. The van der Waals surface area contributed by atoms with E-state index in [-0.39, 0.29) is 18.3 Å². The lowest BCUT2D eigenvalue weighted by atomic mass is 10.1. The molecule has 6 nitrogen and oxygen atoms in total. The molecule has 0 fully saturated rings. The van der Waals surface area contributed by atoms with Crippen LogP contribution in [-0.4, -0.2) is 14.6 Å². The van der Waals surface area contributed by atoms with E-state index in [1.807, 2.05) is 109 Å². The van der Waals surface area contributed by atoms with Gasteiger partial charge in [0.15, 0.2) is 19.8 Å². The summed E-state index contributed by atoms with van der Waals surface area (Å²) in [4.78, 5) is 12.1. The lowest BCUT2D eigenvalue weighted by Crippen LogP contribution is -2.40. The van der Waals surface area contributed by atoms with Gasteiger partial charge in [0.2, 0.25) is 5.75 Å². The van der Waals surface area contributed by atoms with Crippen molar-refractivity contribution in [3.05, 3.63) is 149 Å². The van der Waals surface area contributed by atoms with E-state index in [1.54, 1.807) is 12.1 Å². The van der Waals surface area contributed by atoms with Crippen LogP contribution in [0.25, 0.3) is 0 Å². The van der Waals surface area contributed by atoms with Crippen LogP contribution in [0.1, 0.15) is 53.4 Å². The minimum atomic E-state index is -2.04. The Hall–Kier alpha value is -4.85. The second-order valence-electron chi connectivity index (χ2n) is 13.3. The van der Waals surface area contributed by atoms with E-state index in [4.69, 9.17) is 23.4 Å². The zero-order valence-corrected chi connectivity index (χ0v) is 29.4. The topological polar surface area (TPSA) is 63.2 Å².